The molecular formula is C20H28N6O. The molecule has 1 aliphatic heterocycles. The van der Waals surface area contributed by atoms with Crippen molar-refractivity contribution in [3.63, 3.8) is 0 Å². The predicted octanol–water partition coefficient (Wildman–Crippen LogP) is 2.50. The number of pyridine rings is 1. The Labute approximate surface area is 160 Å². The summed E-state index contributed by atoms with van der Waals surface area (Å²) in [6.07, 6.45) is 2.14. The summed E-state index contributed by atoms with van der Waals surface area (Å²) in [6, 6.07) is 7.88. The van der Waals surface area contributed by atoms with E-state index in [4.69, 9.17) is 0 Å². The summed E-state index contributed by atoms with van der Waals surface area (Å²) >= 11 is 0. The van der Waals surface area contributed by atoms with Crippen LogP contribution in [0.1, 0.15) is 36.0 Å². The number of nitrogens with one attached hydrogen (secondary N) is 1. The number of aryl methyl sites for hydroxylation is 2. The molecule has 7 nitrogen and oxygen atoms in total. The van der Waals surface area contributed by atoms with E-state index in [1.807, 2.05) is 38.1 Å². The van der Waals surface area contributed by atoms with Crippen LogP contribution in [-0.4, -0.2) is 64.4 Å². The third-order valence-corrected chi connectivity index (χ3v) is 4.78. The first-order valence-electron chi connectivity index (χ1n) is 9.39. The lowest BCUT2D eigenvalue weighted by Crippen LogP contribution is -2.41. The SMILES string of the molecule is Cc1cccc(Nc2cc([C@@H]3CCCN(CC(=O)N(C)C)C3)nc(C)n2)n1. The van der Waals surface area contributed by atoms with Crippen molar-refractivity contribution in [3.05, 3.63) is 41.5 Å². The summed E-state index contributed by atoms with van der Waals surface area (Å²) < 4.78 is 0. The van der Waals surface area contributed by atoms with Crippen LogP contribution in [-0.2, 0) is 4.79 Å². The highest BCUT2D eigenvalue weighted by Gasteiger charge is 2.25. The number of piperidine rings is 1. The standard InChI is InChI=1S/C20H28N6O/c1-14-7-5-9-18(21-14)24-19-11-17(22-15(2)23-19)16-8-6-10-26(12-16)13-20(27)25(3)4/h5,7,9,11,16H,6,8,10,12-13H2,1-4H3,(H,21,22,23,24)/t16-/m1/s1. The summed E-state index contributed by atoms with van der Waals surface area (Å²) in [5.41, 5.74) is 1.99. The topological polar surface area (TPSA) is 74.2 Å². The molecule has 27 heavy (non-hydrogen) atoms. The number of aromatic nitrogens is 3. The van der Waals surface area contributed by atoms with Crippen LogP contribution in [0.4, 0.5) is 11.6 Å². The van der Waals surface area contributed by atoms with Crippen LogP contribution in [0.2, 0.25) is 0 Å². The number of hydrogen-bond acceptors (Lipinski definition) is 6. The van der Waals surface area contributed by atoms with Crippen LogP contribution in [0, 0.1) is 13.8 Å². The van der Waals surface area contributed by atoms with Crippen molar-refractivity contribution in [2.75, 3.05) is 39.0 Å². The van der Waals surface area contributed by atoms with E-state index in [1.165, 1.54) is 0 Å². The molecule has 0 unspecified atom stereocenters. The number of carbonyl (C=O) groups excluding carboxylic acids is 1. The van der Waals surface area contributed by atoms with E-state index in [0.717, 1.165) is 54.8 Å². The maximum atomic E-state index is 12.0. The van der Waals surface area contributed by atoms with Gasteiger partial charge < -0.3 is 10.2 Å². The molecule has 3 rings (SSSR count). The van der Waals surface area contributed by atoms with Gasteiger partial charge in [-0.1, -0.05) is 6.07 Å². The smallest absolute Gasteiger partial charge is 0.236 e. The molecule has 0 aromatic carbocycles. The van der Waals surface area contributed by atoms with Crippen molar-refractivity contribution in [2.45, 2.75) is 32.6 Å². The Balaban J connectivity index is 1.74. The average Bonchev–Trinajstić information content (AvgIpc) is 2.61. The molecule has 0 bridgehead atoms. The van der Waals surface area contributed by atoms with Gasteiger partial charge in [0, 0.05) is 38.3 Å². The summed E-state index contributed by atoms with van der Waals surface area (Å²) in [5.74, 6) is 2.73. The fourth-order valence-electron chi connectivity index (χ4n) is 3.38. The Morgan fingerprint density at radius 3 is 2.78 bits per heavy atom. The maximum absolute atomic E-state index is 12.0. The monoisotopic (exact) mass is 368 g/mol. The number of anilines is 2. The number of hydrogen-bond donors (Lipinski definition) is 1. The molecule has 0 radical (unpaired) electrons. The minimum Gasteiger partial charge on any atom is -0.348 e. The zero-order valence-corrected chi connectivity index (χ0v) is 16.6. The Morgan fingerprint density at radius 1 is 1.22 bits per heavy atom. The molecule has 0 spiro atoms. The van der Waals surface area contributed by atoms with E-state index in [2.05, 4.69) is 25.2 Å². The lowest BCUT2D eigenvalue weighted by Gasteiger charge is -2.32. The zero-order chi connectivity index (χ0) is 19.4. The Bertz CT molecular complexity index is 807. The molecule has 1 saturated heterocycles. The molecule has 0 aliphatic carbocycles. The quantitative estimate of drug-likeness (QED) is 0.874. The van der Waals surface area contributed by atoms with E-state index in [1.54, 1.807) is 19.0 Å². The van der Waals surface area contributed by atoms with Gasteiger partial charge in [0.2, 0.25) is 5.91 Å². The number of likely N-dealkylation sites (tertiary alicyclic amines) is 1. The lowest BCUT2D eigenvalue weighted by molar-refractivity contribution is -0.130. The Kier molecular flexibility index (Phi) is 6.01. The summed E-state index contributed by atoms with van der Waals surface area (Å²) in [4.78, 5) is 29.6. The van der Waals surface area contributed by atoms with Gasteiger partial charge in [-0.05, 0) is 45.4 Å². The zero-order valence-electron chi connectivity index (χ0n) is 16.6. The molecule has 1 amide bonds. The third kappa shape index (κ3) is 5.23. The van der Waals surface area contributed by atoms with Crippen LogP contribution < -0.4 is 5.32 Å². The highest BCUT2D eigenvalue weighted by atomic mass is 16.2. The van der Waals surface area contributed by atoms with Gasteiger partial charge in [-0.15, -0.1) is 0 Å². The molecule has 1 N–H and O–H groups in total. The molecule has 2 aromatic heterocycles. The first kappa shape index (κ1) is 19.2. The van der Waals surface area contributed by atoms with Crippen LogP contribution in [0.5, 0.6) is 0 Å². The molecule has 3 heterocycles. The number of carbonyl (C=O) groups is 1. The number of likely N-dealkylation sites (N-methyl/N-ethyl adjacent to an activating group) is 1. The van der Waals surface area contributed by atoms with Gasteiger partial charge >= 0.3 is 0 Å². The molecule has 7 heteroatoms. The molecule has 1 aliphatic rings. The van der Waals surface area contributed by atoms with Gasteiger partial charge in [-0.2, -0.15) is 0 Å². The first-order chi connectivity index (χ1) is 12.9. The second kappa shape index (κ2) is 8.43. The maximum Gasteiger partial charge on any atom is 0.236 e. The Hall–Kier alpha value is -2.54. The van der Waals surface area contributed by atoms with Crippen molar-refractivity contribution < 1.29 is 4.79 Å². The number of amides is 1. The summed E-state index contributed by atoms with van der Waals surface area (Å²) in [5, 5.41) is 3.29. The molecule has 1 fully saturated rings. The van der Waals surface area contributed by atoms with E-state index in [0.29, 0.717) is 12.5 Å². The lowest BCUT2D eigenvalue weighted by atomic mass is 9.94. The van der Waals surface area contributed by atoms with E-state index < -0.39 is 0 Å². The highest BCUT2D eigenvalue weighted by Crippen LogP contribution is 2.27. The largest absolute Gasteiger partial charge is 0.348 e. The second-order valence-electron chi connectivity index (χ2n) is 7.38. The summed E-state index contributed by atoms with van der Waals surface area (Å²) in [7, 11) is 3.60. The van der Waals surface area contributed by atoms with E-state index >= 15 is 0 Å². The molecule has 2 aromatic rings. The van der Waals surface area contributed by atoms with Gasteiger partial charge in [0.25, 0.3) is 0 Å². The summed E-state index contributed by atoms with van der Waals surface area (Å²) in [6.45, 7) is 6.14. The average molecular weight is 368 g/mol. The van der Waals surface area contributed by atoms with Crippen molar-refractivity contribution in [2.24, 2.45) is 0 Å². The predicted molar refractivity (Wildman–Crippen MR) is 106 cm³/mol. The molecule has 144 valence electrons. The van der Waals surface area contributed by atoms with Crippen LogP contribution in [0.15, 0.2) is 24.3 Å². The number of rotatable bonds is 5. The van der Waals surface area contributed by atoms with Crippen molar-refractivity contribution in [1.29, 1.82) is 0 Å². The van der Waals surface area contributed by atoms with Gasteiger partial charge in [0.15, 0.2) is 0 Å². The van der Waals surface area contributed by atoms with Crippen molar-refractivity contribution in [1.82, 2.24) is 24.8 Å². The fourth-order valence-corrected chi connectivity index (χ4v) is 3.38. The van der Waals surface area contributed by atoms with Crippen molar-refractivity contribution >= 4 is 17.5 Å². The molecule has 0 saturated carbocycles. The second-order valence-corrected chi connectivity index (χ2v) is 7.38. The Morgan fingerprint density at radius 2 is 2.04 bits per heavy atom. The number of nitrogens with zero attached hydrogens (tertiary/aromatic N) is 5. The molecular weight excluding hydrogens is 340 g/mol. The first-order valence-corrected chi connectivity index (χ1v) is 9.39. The molecule has 1 atom stereocenters. The third-order valence-electron chi connectivity index (χ3n) is 4.78. The van der Waals surface area contributed by atoms with Gasteiger partial charge in [-0.25, -0.2) is 15.0 Å². The van der Waals surface area contributed by atoms with Crippen LogP contribution in [0.25, 0.3) is 0 Å². The van der Waals surface area contributed by atoms with E-state index in [9.17, 15) is 4.79 Å². The highest BCUT2D eigenvalue weighted by molar-refractivity contribution is 5.77. The van der Waals surface area contributed by atoms with Gasteiger partial charge in [0.05, 0.1) is 12.2 Å². The van der Waals surface area contributed by atoms with E-state index in [-0.39, 0.29) is 5.91 Å². The van der Waals surface area contributed by atoms with Crippen LogP contribution >= 0.6 is 0 Å². The van der Waals surface area contributed by atoms with Crippen LogP contribution in [0.3, 0.4) is 0 Å². The normalized spacial score (nSPS) is 17.6. The minimum atomic E-state index is 0.141. The van der Waals surface area contributed by atoms with Gasteiger partial charge in [0.1, 0.15) is 17.5 Å². The fraction of sp³-hybridized carbons (Fsp3) is 0.500. The minimum absolute atomic E-state index is 0.141. The van der Waals surface area contributed by atoms with Crippen molar-refractivity contribution in [3.8, 4) is 0 Å². The van der Waals surface area contributed by atoms with Gasteiger partial charge in [-0.3, -0.25) is 9.69 Å².